The highest BCUT2D eigenvalue weighted by molar-refractivity contribution is 5.04. The van der Waals surface area contributed by atoms with Crippen LogP contribution in [0.1, 0.15) is 19.3 Å². The second-order valence-corrected chi connectivity index (χ2v) is 3.48. The Morgan fingerprint density at radius 3 is 2.64 bits per heavy atom. The number of piperidine rings is 1. The second kappa shape index (κ2) is 6.62. The quantitative estimate of drug-likeness (QED) is 0.535. The first-order valence-corrected chi connectivity index (χ1v) is 5.14. The first-order chi connectivity index (χ1) is 6.86. The fourth-order valence-corrected chi connectivity index (χ4v) is 1.54. The summed E-state index contributed by atoms with van der Waals surface area (Å²) in [6, 6.07) is 0. The molecule has 1 fully saturated rings. The van der Waals surface area contributed by atoms with Crippen LogP contribution in [0.4, 0.5) is 0 Å². The largest absolute Gasteiger partial charge is 0.480 e. The van der Waals surface area contributed by atoms with E-state index < -0.39 is 0 Å². The van der Waals surface area contributed by atoms with E-state index in [0.717, 1.165) is 13.1 Å². The van der Waals surface area contributed by atoms with Gasteiger partial charge < -0.3 is 9.84 Å². The molecule has 0 amide bonds. The van der Waals surface area contributed by atoms with Crippen molar-refractivity contribution in [2.45, 2.75) is 19.3 Å². The van der Waals surface area contributed by atoms with Gasteiger partial charge in [-0.1, -0.05) is 19.1 Å². The van der Waals surface area contributed by atoms with Crippen LogP contribution in [-0.2, 0) is 4.74 Å². The molecule has 14 heavy (non-hydrogen) atoms. The lowest BCUT2D eigenvalue weighted by Crippen LogP contribution is -2.31. The molecule has 0 atom stereocenters. The molecule has 0 aromatic carbocycles. The first-order valence-electron chi connectivity index (χ1n) is 5.14. The average Bonchev–Trinajstić information content (AvgIpc) is 2.25. The van der Waals surface area contributed by atoms with Crippen LogP contribution in [0.3, 0.4) is 0 Å². The molecule has 0 bridgehead atoms. The highest BCUT2D eigenvalue weighted by atomic mass is 16.5. The smallest absolute Gasteiger partial charge is 0.141 e. The summed E-state index contributed by atoms with van der Waals surface area (Å²) in [4.78, 5) is 2.26. The van der Waals surface area contributed by atoms with Gasteiger partial charge in [-0.05, 0) is 18.9 Å². The maximum absolute atomic E-state index is 8.93. The zero-order chi connectivity index (χ0) is 10.2. The predicted octanol–water partition coefficient (Wildman–Crippen LogP) is 1.51. The van der Waals surface area contributed by atoms with Crippen LogP contribution in [0.15, 0.2) is 24.5 Å². The molecule has 0 aromatic rings. The summed E-state index contributed by atoms with van der Waals surface area (Å²) >= 11 is 0. The fourth-order valence-electron chi connectivity index (χ4n) is 1.54. The van der Waals surface area contributed by atoms with Crippen LogP contribution in [0.2, 0.25) is 0 Å². The molecule has 3 nitrogen and oxygen atoms in total. The minimum absolute atomic E-state index is 0.0557. The molecule has 1 aliphatic heterocycles. The van der Waals surface area contributed by atoms with Crippen molar-refractivity contribution in [1.29, 1.82) is 0 Å². The number of hydrogen-bond acceptors (Lipinski definition) is 3. The van der Waals surface area contributed by atoms with Crippen LogP contribution in [-0.4, -0.2) is 36.4 Å². The SMILES string of the molecule is C=C/C=C(/CO)OCN1CCCCC1. The van der Waals surface area contributed by atoms with Crippen molar-refractivity contribution < 1.29 is 9.84 Å². The Hall–Kier alpha value is -0.800. The van der Waals surface area contributed by atoms with Gasteiger partial charge in [0.2, 0.25) is 0 Å². The Morgan fingerprint density at radius 2 is 2.07 bits per heavy atom. The summed E-state index contributed by atoms with van der Waals surface area (Å²) in [6.45, 7) is 6.30. The Kier molecular flexibility index (Phi) is 5.33. The van der Waals surface area contributed by atoms with Gasteiger partial charge in [0.05, 0.1) is 0 Å². The third-order valence-corrected chi connectivity index (χ3v) is 2.34. The van der Waals surface area contributed by atoms with Gasteiger partial charge in [0.15, 0.2) is 0 Å². The van der Waals surface area contributed by atoms with Gasteiger partial charge in [0.25, 0.3) is 0 Å². The van der Waals surface area contributed by atoms with Crippen LogP contribution in [0.5, 0.6) is 0 Å². The maximum Gasteiger partial charge on any atom is 0.141 e. The van der Waals surface area contributed by atoms with E-state index in [2.05, 4.69) is 11.5 Å². The van der Waals surface area contributed by atoms with Gasteiger partial charge in [-0.2, -0.15) is 0 Å². The summed E-state index contributed by atoms with van der Waals surface area (Å²) in [5, 5.41) is 8.93. The molecule has 3 heteroatoms. The van der Waals surface area contributed by atoms with E-state index in [1.807, 2.05) is 0 Å². The summed E-state index contributed by atoms with van der Waals surface area (Å²) in [7, 11) is 0. The normalized spacial score (nSPS) is 19.4. The highest BCUT2D eigenvalue weighted by Gasteiger charge is 2.10. The number of aliphatic hydroxyl groups is 1. The number of ether oxygens (including phenoxy) is 1. The van der Waals surface area contributed by atoms with Crippen molar-refractivity contribution in [3.05, 3.63) is 24.5 Å². The molecule has 0 spiro atoms. The molecule has 1 saturated heterocycles. The lowest BCUT2D eigenvalue weighted by molar-refractivity contribution is 0.0454. The van der Waals surface area contributed by atoms with Crippen molar-refractivity contribution in [3.63, 3.8) is 0 Å². The van der Waals surface area contributed by atoms with Crippen molar-refractivity contribution in [2.24, 2.45) is 0 Å². The van der Waals surface area contributed by atoms with Crippen LogP contribution < -0.4 is 0 Å². The zero-order valence-electron chi connectivity index (χ0n) is 8.61. The Bertz CT molecular complexity index is 195. The molecule has 0 aromatic heterocycles. The molecule has 0 saturated carbocycles. The molecule has 0 unspecified atom stereocenters. The monoisotopic (exact) mass is 197 g/mol. The Balaban J connectivity index is 2.23. The first kappa shape index (κ1) is 11.3. The van der Waals surface area contributed by atoms with E-state index in [0.29, 0.717) is 12.5 Å². The van der Waals surface area contributed by atoms with Crippen LogP contribution in [0.25, 0.3) is 0 Å². The number of rotatable bonds is 5. The van der Waals surface area contributed by atoms with Gasteiger partial charge >= 0.3 is 0 Å². The maximum atomic E-state index is 8.93. The third kappa shape index (κ3) is 3.94. The topological polar surface area (TPSA) is 32.7 Å². The van der Waals surface area contributed by atoms with Crippen molar-refractivity contribution in [3.8, 4) is 0 Å². The molecular weight excluding hydrogens is 178 g/mol. The molecule has 1 rings (SSSR count). The molecular formula is C11H19NO2. The van der Waals surface area contributed by atoms with E-state index in [4.69, 9.17) is 9.84 Å². The van der Waals surface area contributed by atoms with E-state index in [9.17, 15) is 0 Å². The van der Waals surface area contributed by atoms with Crippen molar-refractivity contribution in [1.82, 2.24) is 4.90 Å². The molecule has 1 aliphatic rings. The second-order valence-electron chi connectivity index (χ2n) is 3.48. The van der Waals surface area contributed by atoms with Crippen LogP contribution >= 0.6 is 0 Å². The molecule has 1 N–H and O–H groups in total. The molecule has 0 radical (unpaired) electrons. The minimum atomic E-state index is -0.0557. The number of aliphatic hydroxyl groups excluding tert-OH is 1. The number of nitrogens with zero attached hydrogens (tertiary/aromatic N) is 1. The number of likely N-dealkylation sites (tertiary alicyclic amines) is 1. The zero-order valence-corrected chi connectivity index (χ0v) is 8.61. The van der Waals surface area contributed by atoms with Gasteiger partial charge in [-0.25, -0.2) is 0 Å². The molecule has 80 valence electrons. The Labute approximate surface area is 85.7 Å². The summed E-state index contributed by atoms with van der Waals surface area (Å²) in [5.41, 5.74) is 0. The molecule has 0 aliphatic carbocycles. The predicted molar refractivity (Wildman–Crippen MR) is 56.7 cm³/mol. The lowest BCUT2D eigenvalue weighted by Gasteiger charge is -2.26. The van der Waals surface area contributed by atoms with E-state index in [1.165, 1.54) is 19.3 Å². The Morgan fingerprint density at radius 1 is 1.36 bits per heavy atom. The summed E-state index contributed by atoms with van der Waals surface area (Å²) < 4.78 is 5.44. The fraction of sp³-hybridized carbons (Fsp3) is 0.636. The van der Waals surface area contributed by atoms with E-state index in [1.54, 1.807) is 12.2 Å². The van der Waals surface area contributed by atoms with Crippen molar-refractivity contribution >= 4 is 0 Å². The average molecular weight is 197 g/mol. The van der Waals surface area contributed by atoms with Gasteiger partial charge in [0.1, 0.15) is 19.1 Å². The van der Waals surface area contributed by atoms with Gasteiger partial charge in [-0.3, -0.25) is 4.90 Å². The summed E-state index contributed by atoms with van der Waals surface area (Å²) in [5.74, 6) is 0.588. The lowest BCUT2D eigenvalue weighted by atomic mass is 10.1. The standard InChI is InChI=1S/C11H19NO2/c1-2-6-11(9-13)14-10-12-7-4-3-5-8-12/h2,6,13H,1,3-5,7-10H2/b11-6-. The van der Waals surface area contributed by atoms with E-state index in [-0.39, 0.29) is 6.61 Å². The number of hydrogen-bond donors (Lipinski definition) is 1. The van der Waals surface area contributed by atoms with Crippen LogP contribution in [0, 0.1) is 0 Å². The van der Waals surface area contributed by atoms with Gasteiger partial charge in [-0.15, -0.1) is 0 Å². The third-order valence-electron chi connectivity index (χ3n) is 2.34. The van der Waals surface area contributed by atoms with Gasteiger partial charge in [0, 0.05) is 13.1 Å². The van der Waals surface area contributed by atoms with Crippen molar-refractivity contribution in [2.75, 3.05) is 26.4 Å². The minimum Gasteiger partial charge on any atom is -0.480 e. The van der Waals surface area contributed by atoms with E-state index >= 15 is 0 Å². The highest BCUT2D eigenvalue weighted by Crippen LogP contribution is 2.09. The molecule has 1 heterocycles. The number of allylic oxidation sites excluding steroid dienone is 2. The summed E-state index contributed by atoms with van der Waals surface area (Å²) in [6.07, 6.45) is 7.16.